The molecule has 4 rings (SSSR count). The molecule has 0 bridgehead atoms. The number of nitrogens with one attached hydrogen (secondary N) is 2. The molecule has 0 aliphatic carbocycles. The van der Waals surface area contributed by atoms with Gasteiger partial charge in [-0.3, -0.25) is 9.59 Å². The van der Waals surface area contributed by atoms with Gasteiger partial charge in [0.2, 0.25) is 0 Å². The number of carbonyl (C=O) groups is 2. The van der Waals surface area contributed by atoms with Crippen LogP contribution in [0, 0.1) is 0 Å². The van der Waals surface area contributed by atoms with Gasteiger partial charge in [-0.25, -0.2) is 0 Å². The van der Waals surface area contributed by atoms with Crippen LogP contribution in [-0.4, -0.2) is 11.7 Å². The number of ketones is 1. The van der Waals surface area contributed by atoms with E-state index in [1.165, 1.54) is 6.92 Å². The summed E-state index contributed by atoms with van der Waals surface area (Å²) in [4.78, 5) is 23.9. The van der Waals surface area contributed by atoms with Crippen molar-refractivity contribution in [3.63, 3.8) is 0 Å². The summed E-state index contributed by atoms with van der Waals surface area (Å²) in [7, 11) is 0. The number of rotatable bonds is 1. The van der Waals surface area contributed by atoms with Gasteiger partial charge in [0.1, 0.15) is 0 Å². The molecular formula is C19H14N2O2. The number of hydrogen-bond donors (Lipinski definition) is 2. The maximum Gasteiger partial charge on any atom is 0.258 e. The smallest absolute Gasteiger partial charge is 0.258 e. The van der Waals surface area contributed by atoms with Crippen LogP contribution in [-0.2, 0) is 4.79 Å². The van der Waals surface area contributed by atoms with Crippen LogP contribution >= 0.6 is 0 Å². The number of allylic oxidation sites excluding steroid dienone is 1. The Morgan fingerprint density at radius 3 is 2.61 bits per heavy atom. The molecule has 0 unspecified atom stereocenters. The molecule has 0 radical (unpaired) electrons. The summed E-state index contributed by atoms with van der Waals surface area (Å²) >= 11 is 0. The molecule has 0 aromatic heterocycles. The molecule has 2 aliphatic heterocycles. The highest BCUT2D eigenvalue weighted by molar-refractivity contribution is 6.33. The standard InChI is InChI=1S/C19H14N2O2/c1-11(22)13-6-8-14-17(10-13)21-19(23)18(14)16-9-7-12-4-2-3-5-15(12)20-16/h2-10,20H,1H3,(H,21,23). The van der Waals surface area contributed by atoms with Crippen molar-refractivity contribution in [3.05, 3.63) is 70.9 Å². The van der Waals surface area contributed by atoms with Crippen molar-refractivity contribution in [2.75, 3.05) is 10.6 Å². The van der Waals surface area contributed by atoms with Crippen molar-refractivity contribution in [2.45, 2.75) is 6.92 Å². The SMILES string of the molecule is CC(=O)c1ccc2c(c1)NC(=O)C2=C1C=Cc2ccccc2N1. The number of hydrogen-bond acceptors (Lipinski definition) is 3. The summed E-state index contributed by atoms with van der Waals surface area (Å²) in [5.41, 5.74) is 5.50. The molecule has 4 heteroatoms. The minimum Gasteiger partial charge on any atom is -0.354 e. The predicted molar refractivity (Wildman–Crippen MR) is 91.1 cm³/mol. The number of amides is 1. The molecule has 0 saturated heterocycles. The summed E-state index contributed by atoms with van der Waals surface area (Å²) in [6.07, 6.45) is 3.90. The first-order valence-corrected chi connectivity index (χ1v) is 7.38. The highest BCUT2D eigenvalue weighted by atomic mass is 16.2. The monoisotopic (exact) mass is 302 g/mol. The molecule has 2 aliphatic rings. The van der Waals surface area contributed by atoms with Gasteiger partial charge in [-0.05, 0) is 30.7 Å². The van der Waals surface area contributed by atoms with E-state index in [0.717, 1.165) is 22.5 Å². The summed E-state index contributed by atoms with van der Waals surface area (Å²) in [6.45, 7) is 1.51. The number of anilines is 2. The number of benzene rings is 2. The summed E-state index contributed by atoms with van der Waals surface area (Å²) in [6, 6.07) is 13.2. The lowest BCUT2D eigenvalue weighted by Gasteiger charge is -2.17. The molecule has 4 nitrogen and oxygen atoms in total. The van der Waals surface area contributed by atoms with Crippen LogP contribution < -0.4 is 10.6 Å². The largest absolute Gasteiger partial charge is 0.354 e. The summed E-state index contributed by atoms with van der Waals surface area (Å²) in [5.74, 6) is -0.181. The first kappa shape index (κ1) is 13.5. The van der Waals surface area contributed by atoms with Gasteiger partial charge in [-0.2, -0.15) is 0 Å². The molecule has 0 saturated carbocycles. The predicted octanol–water partition coefficient (Wildman–Crippen LogP) is 3.69. The zero-order chi connectivity index (χ0) is 16.0. The minimum atomic E-state index is -0.160. The molecule has 0 fully saturated rings. The van der Waals surface area contributed by atoms with E-state index in [1.54, 1.807) is 12.1 Å². The number of para-hydroxylation sites is 1. The lowest BCUT2D eigenvalue weighted by molar-refractivity contribution is -0.110. The molecule has 2 aromatic rings. The third kappa shape index (κ3) is 2.16. The molecule has 2 heterocycles. The Labute approximate surface area is 133 Å². The second-order valence-electron chi connectivity index (χ2n) is 5.60. The maximum atomic E-state index is 12.4. The molecule has 2 N–H and O–H groups in total. The lowest BCUT2D eigenvalue weighted by atomic mass is 9.99. The summed E-state index contributed by atoms with van der Waals surface area (Å²) < 4.78 is 0. The third-order valence-corrected chi connectivity index (χ3v) is 4.10. The highest BCUT2D eigenvalue weighted by Gasteiger charge is 2.28. The van der Waals surface area contributed by atoms with Crippen molar-refractivity contribution < 1.29 is 9.59 Å². The van der Waals surface area contributed by atoms with Crippen LogP contribution in [0.1, 0.15) is 28.4 Å². The van der Waals surface area contributed by atoms with Gasteiger partial charge >= 0.3 is 0 Å². The van der Waals surface area contributed by atoms with E-state index in [0.29, 0.717) is 16.8 Å². The Morgan fingerprint density at radius 2 is 1.78 bits per heavy atom. The Kier molecular flexibility index (Phi) is 2.91. The van der Waals surface area contributed by atoms with Gasteiger partial charge in [-0.1, -0.05) is 36.4 Å². The fourth-order valence-corrected chi connectivity index (χ4v) is 2.92. The van der Waals surface area contributed by atoms with Gasteiger partial charge < -0.3 is 10.6 Å². The summed E-state index contributed by atoms with van der Waals surface area (Å²) in [5, 5.41) is 6.15. The van der Waals surface area contributed by atoms with E-state index in [9.17, 15) is 9.59 Å². The molecule has 0 spiro atoms. The highest BCUT2D eigenvalue weighted by Crippen LogP contribution is 2.37. The van der Waals surface area contributed by atoms with Crippen LogP contribution in [0.5, 0.6) is 0 Å². The van der Waals surface area contributed by atoms with E-state index in [4.69, 9.17) is 0 Å². The number of Topliss-reactive ketones (excluding diaryl/α,β-unsaturated/α-hetero) is 1. The average molecular weight is 302 g/mol. The first-order chi connectivity index (χ1) is 11.1. The van der Waals surface area contributed by atoms with Gasteiger partial charge in [0.05, 0.1) is 11.3 Å². The quantitative estimate of drug-likeness (QED) is 0.624. The van der Waals surface area contributed by atoms with E-state index in [1.807, 2.05) is 42.5 Å². The fraction of sp³-hybridized carbons (Fsp3) is 0.0526. The van der Waals surface area contributed by atoms with Crippen LogP contribution in [0.3, 0.4) is 0 Å². The second-order valence-corrected chi connectivity index (χ2v) is 5.60. The van der Waals surface area contributed by atoms with Crippen LogP contribution in [0.4, 0.5) is 11.4 Å². The van der Waals surface area contributed by atoms with Crippen molar-refractivity contribution >= 4 is 34.7 Å². The van der Waals surface area contributed by atoms with E-state index < -0.39 is 0 Å². The van der Waals surface area contributed by atoms with Gasteiger partial charge in [0, 0.05) is 22.5 Å². The normalized spacial score (nSPS) is 18.0. The molecule has 0 atom stereocenters. The van der Waals surface area contributed by atoms with E-state index in [2.05, 4.69) is 10.6 Å². The van der Waals surface area contributed by atoms with Crippen LogP contribution in [0.25, 0.3) is 11.6 Å². The van der Waals surface area contributed by atoms with Crippen LogP contribution in [0.2, 0.25) is 0 Å². The van der Waals surface area contributed by atoms with Crippen molar-refractivity contribution in [2.24, 2.45) is 0 Å². The Hall–Kier alpha value is -3.14. The third-order valence-electron chi connectivity index (χ3n) is 4.10. The maximum absolute atomic E-state index is 12.4. The van der Waals surface area contributed by atoms with E-state index in [-0.39, 0.29) is 11.7 Å². The second kappa shape index (κ2) is 4.95. The van der Waals surface area contributed by atoms with Crippen molar-refractivity contribution in [3.8, 4) is 0 Å². The lowest BCUT2D eigenvalue weighted by Crippen LogP contribution is -2.11. The minimum absolute atomic E-state index is 0.0206. The Bertz CT molecular complexity index is 923. The molecule has 112 valence electrons. The van der Waals surface area contributed by atoms with Gasteiger partial charge in [0.25, 0.3) is 5.91 Å². The van der Waals surface area contributed by atoms with Crippen molar-refractivity contribution in [1.82, 2.24) is 0 Å². The van der Waals surface area contributed by atoms with E-state index >= 15 is 0 Å². The Balaban J connectivity index is 1.83. The fourth-order valence-electron chi connectivity index (χ4n) is 2.92. The zero-order valence-corrected chi connectivity index (χ0v) is 12.5. The number of fused-ring (bicyclic) bond motifs is 2. The topological polar surface area (TPSA) is 58.2 Å². The average Bonchev–Trinajstić information content (AvgIpc) is 2.89. The molecule has 23 heavy (non-hydrogen) atoms. The molecule has 2 aromatic carbocycles. The zero-order valence-electron chi connectivity index (χ0n) is 12.5. The van der Waals surface area contributed by atoms with Crippen molar-refractivity contribution in [1.29, 1.82) is 0 Å². The molecular weight excluding hydrogens is 288 g/mol. The Morgan fingerprint density at radius 1 is 0.957 bits per heavy atom. The number of carbonyl (C=O) groups excluding carboxylic acids is 2. The van der Waals surface area contributed by atoms with Crippen LogP contribution in [0.15, 0.2) is 54.2 Å². The molecule has 1 amide bonds. The van der Waals surface area contributed by atoms with Gasteiger partial charge in [0.15, 0.2) is 5.78 Å². The van der Waals surface area contributed by atoms with Gasteiger partial charge in [-0.15, -0.1) is 0 Å². The first-order valence-electron chi connectivity index (χ1n) is 7.38.